The fraction of sp³-hybridized carbons (Fsp3) is 0.357. The molecule has 0 spiro atoms. The molecular weight excluding hydrogens is 290 g/mol. The highest BCUT2D eigenvalue weighted by Crippen LogP contribution is 2.08. The Morgan fingerprint density at radius 1 is 1.43 bits per heavy atom. The summed E-state index contributed by atoms with van der Waals surface area (Å²) < 4.78 is 1.04. The molecule has 0 radical (unpaired) electrons. The lowest BCUT2D eigenvalue weighted by atomic mass is 10.2. The molecule has 112 valence electrons. The van der Waals surface area contributed by atoms with Gasteiger partial charge in [-0.1, -0.05) is 19.9 Å². The minimum Gasteiger partial charge on any atom is -0.352 e. The molecule has 2 rings (SSSR count). The van der Waals surface area contributed by atoms with E-state index in [4.69, 9.17) is 0 Å². The largest absolute Gasteiger partial charge is 0.352 e. The highest BCUT2D eigenvalue weighted by atomic mass is 32.1. The molecule has 0 aliphatic heterocycles. The van der Waals surface area contributed by atoms with Gasteiger partial charge in [0.25, 0.3) is 11.5 Å². The molecule has 0 bridgehead atoms. The van der Waals surface area contributed by atoms with Gasteiger partial charge in [-0.15, -0.1) is 11.3 Å². The minimum atomic E-state index is -0.576. The quantitative estimate of drug-likeness (QED) is 0.865. The van der Waals surface area contributed by atoms with Crippen molar-refractivity contribution in [2.24, 2.45) is 5.92 Å². The summed E-state index contributed by atoms with van der Waals surface area (Å²) in [6.07, 6.45) is 1.17. The highest BCUT2D eigenvalue weighted by molar-refractivity contribution is 7.09. The highest BCUT2D eigenvalue weighted by Gasteiger charge is 2.15. The first kappa shape index (κ1) is 15.2. The Labute approximate surface area is 125 Å². The summed E-state index contributed by atoms with van der Waals surface area (Å²) in [5.74, 6) is -0.185. The zero-order valence-electron chi connectivity index (χ0n) is 11.9. The van der Waals surface area contributed by atoms with E-state index in [9.17, 15) is 14.4 Å². The van der Waals surface area contributed by atoms with Gasteiger partial charge in [0.05, 0.1) is 6.54 Å². The maximum atomic E-state index is 12.3. The fourth-order valence-corrected chi connectivity index (χ4v) is 2.46. The van der Waals surface area contributed by atoms with Crippen LogP contribution in [0, 0.1) is 5.92 Å². The summed E-state index contributed by atoms with van der Waals surface area (Å²) in [6.45, 7) is 4.56. The van der Waals surface area contributed by atoms with E-state index in [0.717, 1.165) is 9.44 Å². The van der Waals surface area contributed by atoms with E-state index in [1.807, 2.05) is 31.4 Å². The number of hydrogen-bond acceptors (Lipinski definition) is 4. The van der Waals surface area contributed by atoms with Gasteiger partial charge in [0.2, 0.25) is 0 Å². The molecule has 0 unspecified atom stereocenters. The van der Waals surface area contributed by atoms with Crippen molar-refractivity contribution in [2.75, 3.05) is 6.54 Å². The van der Waals surface area contributed by atoms with Gasteiger partial charge < -0.3 is 10.3 Å². The molecule has 0 atom stereocenters. The molecule has 21 heavy (non-hydrogen) atoms. The number of carbonyl (C=O) groups is 1. The van der Waals surface area contributed by atoms with E-state index in [-0.39, 0.29) is 18.0 Å². The normalized spacial score (nSPS) is 10.8. The van der Waals surface area contributed by atoms with Gasteiger partial charge in [0, 0.05) is 17.6 Å². The average Bonchev–Trinajstić information content (AvgIpc) is 2.94. The van der Waals surface area contributed by atoms with Crippen LogP contribution in [0.3, 0.4) is 0 Å². The van der Waals surface area contributed by atoms with Crippen molar-refractivity contribution in [3.05, 3.63) is 55.0 Å². The lowest BCUT2D eigenvalue weighted by Gasteiger charge is -2.08. The molecule has 7 heteroatoms. The van der Waals surface area contributed by atoms with E-state index in [0.29, 0.717) is 6.54 Å². The molecule has 1 amide bonds. The van der Waals surface area contributed by atoms with Crippen LogP contribution >= 0.6 is 11.3 Å². The SMILES string of the molecule is CC(C)CNC(=O)c1c[nH]c(=O)n(Cc2cccs2)c1=O. The molecule has 0 aliphatic rings. The third-order valence-corrected chi connectivity index (χ3v) is 3.73. The molecule has 0 aliphatic carbocycles. The molecule has 2 aromatic heterocycles. The number of H-pyrrole nitrogens is 1. The van der Waals surface area contributed by atoms with Crippen molar-refractivity contribution < 1.29 is 4.79 Å². The summed E-state index contributed by atoms with van der Waals surface area (Å²) in [6, 6.07) is 3.68. The first-order valence-electron chi connectivity index (χ1n) is 6.62. The number of thiophene rings is 1. The molecule has 0 fully saturated rings. The van der Waals surface area contributed by atoms with Gasteiger partial charge in [0.15, 0.2) is 0 Å². The minimum absolute atomic E-state index is 0.0493. The van der Waals surface area contributed by atoms with Crippen LogP contribution in [0.15, 0.2) is 33.3 Å². The number of amides is 1. The summed E-state index contributed by atoms with van der Waals surface area (Å²) in [5, 5.41) is 4.54. The van der Waals surface area contributed by atoms with Gasteiger partial charge in [-0.2, -0.15) is 0 Å². The number of carbonyl (C=O) groups excluding carboxylic acids is 1. The number of nitrogens with one attached hydrogen (secondary N) is 2. The molecule has 2 aromatic rings. The number of nitrogens with zero attached hydrogens (tertiary/aromatic N) is 1. The first-order chi connectivity index (χ1) is 9.99. The summed E-state index contributed by atoms with van der Waals surface area (Å²) in [7, 11) is 0. The van der Waals surface area contributed by atoms with Crippen LogP contribution in [0.5, 0.6) is 0 Å². The van der Waals surface area contributed by atoms with E-state index >= 15 is 0 Å². The van der Waals surface area contributed by atoms with Crippen LogP contribution in [0.25, 0.3) is 0 Å². The Kier molecular flexibility index (Phi) is 4.74. The monoisotopic (exact) mass is 307 g/mol. The van der Waals surface area contributed by atoms with Crippen molar-refractivity contribution in [1.82, 2.24) is 14.9 Å². The smallest absolute Gasteiger partial charge is 0.328 e. The third-order valence-electron chi connectivity index (χ3n) is 2.87. The predicted octanol–water partition coefficient (Wildman–Crippen LogP) is 1.03. The number of aromatic amines is 1. The molecule has 2 heterocycles. The van der Waals surface area contributed by atoms with Gasteiger partial charge in [0.1, 0.15) is 5.56 Å². The summed E-state index contributed by atoms with van der Waals surface area (Å²) in [4.78, 5) is 39.4. The maximum Gasteiger partial charge on any atom is 0.328 e. The van der Waals surface area contributed by atoms with Crippen LogP contribution in [0.2, 0.25) is 0 Å². The number of rotatable bonds is 5. The lowest BCUT2D eigenvalue weighted by Crippen LogP contribution is -2.41. The van der Waals surface area contributed by atoms with Gasteiger partial charge in [-0.3, -0.25) is 14.2 Å². The Morgan fingerprint density at radius 3 is 2.81 bits per heavy atom. The average molecular weight is 307 g/mol. The Balaban J connectivity index is 2.30. The Morgan fingerprint density at radius 2 is 2.19 bits per heavy atom. The second-order valence-electron chi connectivity index (χ2n) is 5.08. The van der Waals surface area contributed by atoms with Crippen molar-refractivity contribution in [1.29, 1.82) is 0 Å². The van der Waals surface area contributed by atoms with Crippen LogP contribution in [0.1, 0.15) is 29.1 Å². The second-order valence-corrected chi connectivity index (χ2v) is 6.11. The lowest BCUT2D eigenvalue weighted by molar-refractivity contribution is 0.0946. The molecule has 2 N–H and O–H groups in total. The molecule has 6 nitrogen and oxygen atoms in total. The molecule has 0 aromatic carbocycles. The van der Waals surface area contributed by atoms with E-state index < -0.39 is 17.2 Å². The predicted molar refractivity (Wildman–Crippen MR) is 81.9 cm³/mol. The summed E-state index contributed by atoms with van der Waals surface area (Å²) in [5.41, 5.74) is -1.14. The zero-order valence-corrected chi connectivity index (χ0v) is 12.7. The van der Waals surface area contributed by atoms with Crippen LogP contribution in [0.4, 0.5) is 0 Å². The van der Waals surface area contributed by atoms with Crippen molar-refractivity contribution in [3.63, 3.8) is 0 Å². The topological polar surface area (TPSA) is 84.0 Å². The van der Waals surface area contributed by atoms with Gasteiger partial charge in [-0.05, 0) is 17.4 Å². The van der Waals surface area contributed by atoms with Gasteiger partial charge >= 0.3 is 5.69 Å². The van der Waals surface area contributed by atoms with Gasteiger partial charge in [-0.25, -0.2) is 4.79 Å². The van der Waals surface area contributed by atoms with Crippen LogP contribution in [-0.4, -0.2) is 22.0 Å². The molecule has 0 saturated heterocycles. The van der Waals surface area contributed by atoms with Crippen molar-refractivity contribution in [2.45, 2.75) is 20.4 Å². The Bertz CT molecular complexity index is 729. The third kappa shape index (κ3) is 3.69. The van der Waals surface area contributed by atoms with E-state index in [1.54, 1.807) is 0 Å². The maximum absolute atomic E-state index is 12.3. The fourth-order valence-electron chi connectivity index (χ4n) is 1.77. The Hall–Kier alpha value is -2.15. The standard InChI is InChI=1S/C14H17N3O3S/c1-9(2)6-15-12(18)11-7-16-14(20)17(13(11)19)8-10-4-3-5-21-10/h3-5,7,9H,6,8H2,1-2H3,(H,15,18)(H,16,20). The van der Waals surface area contributed by atoms with Crippen LogP contribution in [-0.2, 0) is 6.54 Å². The van der Waals surface area contributed by atoms with Crippen molar-refractivity contribution >= 4 is 17.2 Å². The van der Waals surface area contributed by atoms with E-state index in [2.05, 4.69) is 10.3 Å². The zero-order chi connectivity index (χ0) is 15.4. The number of hydrogen-bond donors (Lipinski definition) is 2. The van der Waals surface area contributed by atoms with Crippen molar-refractivity contribution in [3.8, 4) is 0 Å². The second kappa shape index (κ2) is 6.53. The summed E-state index contributed by atoms with van der Waals surface area (Å²) >= 11 is 1.45. The molecular formula is C14H17N3O3S. The van der Waals surface area contributed by atoms with E-state index in [1.165, 1.54) is 17.5 Å². The molecule has 0 saturated carbocycles. The van der Waals surface area contributed by atoms with Crippen LogP contribution < -0.4 is 16.6 Å². The number of aromatic nitrogens is 2. The first-order valence-corrected chi connectivity index (χ1v) is 7.50.